The smallest absolute Gasteiger partial charge is 0.123 e. The topological polar surface area (TPSA) is 3.24 Å². The Kier molecular flexibility index (Phi) is 6.15. The van der Waals surface area contributed by atoms with E-state index in [1.165, 1.54) is 6.07 Å². The van der Waals surface area contributed by atoms with Crippen LogP contribution < -0.4 is 0 Å². The maximum Gasteiger partial charge on any atom is 0.123 e. The van der Waals surface area contributed by atoms with Crippen LogP contribution in [0.1, 0.15) is 19.4 Å². The first-order valence-electron chi connectivity index (χ1n) is 4.57. The van der Waals surface area contributed by atoms with Gasteiger partial charge in [-0.25, -0.2) is 4.39 Å². The van der Waals surface area contributed by atoms with Gasteiger partial charge in [-0.05, 0) is 31.8 Å². The van der Waals surface area contributed by atoms with Crippen LogP contribution in [0.4, 0.5) is 4.39 Å². The summed E-state index contributed by atoms with van der Waals surface area (Å²) >= 11 is 0. The van der Waals surface area contributed by atoms with Crippen molar-refractivity contribution < 1.29 is 4.39 Å². The van der Waals surface area contributed by atoms with Crippen molar-refractivity contribution in [3.8, 4) is 0 Å². The standard InChI is InChI=1S/C9H12FN.C2H6/c1-11(2)7-8-4-3-5-9(10)6-8;1-2/h3-6H,7H2,1-2H3;1-2H3. The first kappa shape index (κ1) is 12.1. The zero-order chi connectivity index (χ0) is 10.3. The predicted molar refractivity (Wildman–Crippen MR) is 55.1 cm³/mol. The van der Waals surface area contributed by atoms with Gasteiger partial charge in [0, 0.05) is 6.54 Å². The lowest BCUT2D eigenvalue weighted by atomic mass is 10.2. The fraction of sp³-hybridized carbons (Fsp3) is 0.455. The van der Waals surface area contributed by atoms with E-state index in [9.17, 15) is 4.39 Å². The van der Waals surface area contributed by atoms with Gasteiger partial charge in [0.2, 0.25) is 0 Å². The third-order valence-corrected chi connectivity index (χ3v) is 1.39. The second-order valence-corrected chi connectivity index (χ2v) is 2.87. The molecule has 0 aliphatic rings. The summed E-state index contributed by atoms with van der Waals surface area (Å²) in [4.78, 5) is 2.01. The molecule has 0 aliphatic carbocycles. The van der Waals surface area contributed by atoms with Crippen molar-refractivity contribution >= 4 is 0 Å². The van der Waals surface area contributed by atoms with Gasteiger partial charge in [-0.3, -0.25) is 0 Å². The first-order valence-corrected chi connectivity index (χ1v) is 4.57. The third-order valence-electron chi connectivity index (χ3n) is 1.39. The van der Waals surface area contributed by atoms with Crippen LogP contribution in [-0.2, 0) is 6.54 Å². The summed E-state index contributed by atoms with van der Waals surface area (Å²) in [7, 11) is 3.93. The first-order chi connectivity index (χ1) is 6.18. The zero-order valence-corrected chi connectivity index (χ0v) is 8.84. The Hall–Kier alpha value is -0.890. The van der Waals surface area contributed by atoms with Crippen molar-refractivity contribution in [2.24, 2.45) is 0 Å². The number of halogens is 1. The second-order valence-electron chi connectivity index (χ2n) is 2.87. The molecule has 0 aliphatic heterocycles. The summed E-state index contributed by atoms with van der Waals surface area (Å²) in [6.45, 7) is 4.79. The molecule has 1 aromatic carbocycles. The van der Waals surface area contributed by atoms with E-state index in [1.807, 2.05) is 38.9 Å². The van der Waals surface area contributed by atoms with Crippen molar-refractivity contribution in [1.29, 1.82) is 0 Å². The minimum atomic E-state index is -0.163. The van der Waals surface area contributed by atoms with Crippen LogP contribution in [-0.4, -0.2) is 19.0 Å². The summed E-state index contributed by atoms with van der Waals surface area (Å²) in [6, 6.07) is 6.66. The molecule has 0 bridgehead atoms. The average molecular weight is 183 g/mol. The predicted octanol–water partition coefficient (Wildman–Crippen LogP) is 2.91. The van der Waals surface area contributed by atoms with Crippen LogP contribution in [0.5, 0.6) is 0 Å². The van der Waals surface area contributed by atoms with Crippen molar-refractivity contribution in [1.82, 2.24) is 4.90 Å². The molecule has 0 atom stereocenters. The molecule has 1 rings (SSSR count). The number of nitrogens with zero attached hydrogens (tertiary/aromatic N) is 1. The van der Waals surface area contributed by atoms with E-state index in [-0.39, 0.29) is 5.82 Å². The molecular formula is C11H18FN. The van der Waals surface area contributed by atoms with E-state index < -0.39 is 0 Å². The molecule has 13 heavy (non-hydrogen) atoms. The van der Waals surface area contributed by atoms with E-state index in [0.29, 0.717) is 0 Å². The Morgan fingerprint density at radius 1 is 1.23 bits per heavy atom. The van der Waals surface area contributed by atoms with Gasteiger partial charge in [0.25, 0.3) is 0 Å². The van der Waals surface area contributed by atoms with Crippen LogP contribution in [0.3, 0.4) is 0 Å². The number of rotatable bonds is 2. The quantitative estimate of drug-likeness (QED) is 0.681. The lowest BCUT2D eigenvalue weighted by Crippen LogP contribution is -2.10. The highest BCUT2D eigenvalue weighted by Crippen LogP contribution is 2.04. The van der Waals surface area contributed by atoms with Gasteiger partial charge in [0.05, 0.1) is 0 Å². The van der Waals surface area contributed by atoms with Gasteiger partial charge >= 0.3 is 0 Å². The normalized spacial score (nSPS) is 9.38. The van der Waals surface area contributed by atoms with E-state index in [0.717, 1.165) is 12.1 Å². The highest BCUT2D eigenvalue weighted by atomic mass is 19.1. The maximum absolute atomic E-state index is 12.6. The Balaban J connectivity index is 0.000000671. The van der Waals surface area contributed by atoms with Crippen LogP contribution in [0, 0.1) is 5.82 Å². The Bertz CT molecular complexity index is 233. The monoisotopic (exact) mass is 183 g/mol. The molecule has 0 aromatic heterocycles. The van der Waals surface area contributed by atoms with Crippen molar-refractivity contribution in [3.05, 3.63) is 35.6 Å². The highest BCUT2D eigenvalue weighted by Gasteiger charge is 1.95. The number of hydrogen-bond donors (Lipinski definition) is 0. The Labute approximate surface area is 80.2 Å². The Morgan fingerprint density at radius 2 is 1.85 bits per heavy atom. The minimum Gasteiger partial charge on any atom is -0.305 e. The average Bonchev–Trinajstić information content (AvgIpc) is 2.06. The van der Waals surface area contributed by atoms with Gasteiger partial charge in [-0.15, -0.1) is 0 Å². The van der Waals surface area contributed by atoms with Gasteiger partial charge in [-0.2, -0.15) is 0 Å². The van der Waals surface area contributed by atoms with Crippen LogP contribution >= 0.6 is 0 Å². The van der Waals surface area contributed by atoms with Crippen molar-refractivity contribution in [2.45, 2.75) is 20.4 Å². The zero-order valence-electron chi connectivity index (χ0n) is 8.84. The molecule has 0 heterocycles. The molecule has 0 unspecified atom stereocenters. The lowest BCUT2D eigenvalue weighted by molar-refractivity contribution is 0.401. The highest BCUT2D eigenvalue weighted by molar-refractivity contribution is 5.15. The third kappa shape index (κ3) is 5.36. The molecule has 0 amide bonds. The molecule has 74 valence electrons. The summed E-state index contributed by atoms with van der Waals surface area (Å²) in [5.41, 5.74) is 1.01. The molecule has 0 saturated heterocycles. The maximum atomic E-state index is 12.6. The second kappa shape index (κ2) is 6.61. The molecule has 0 spiro atoms. The fourth-order valence-corrected chi connectivity index (χ4v) is 1.00. The molecule has 1 aromatic rings. The van der Waals surface area contributed by atoms with Crippen LogP contribution in [0.2, 0.25) is 0 Å². The molecule has 2 heteroatoms. The van der Waals surface area contributed by atoms with Gasteiger partial charge in [0.15, 0.2) is 0 Å². The summed E-state index contributed by atoms with van der Waals surface area (Å²) in [5.74, 6) is -0.163. The van der Waals surface area contributed by atoms with Crippen molar-refractivity contribution in [3.63, 3.8) is 0 Å². The lowest BCUT2D eigenvalue weighted by Gasteiger charge is -2.08. The van der Waals surface area contributed by atoms with E-state index in [1.54, 1.807) is 12.1 Å². The number of hydrogen-bond acceptors (Lipinski definition) is 1. The molecule has 0 fully saturated rings. The van der Waals surface area contributed by atoms with Gasteiger partial charge in [-0.1, -0.05) is 26.0 Å². The molecule has 0 saturated carbocycles. The summed E-state index contributed by atoms with van der Waals surface area (Å²) in [6.07, 6.45) is 0. The summed E-state index contributed by atoms with van der Waals surface area (Å²) < 4.78 is 12.6. The Morgan fingerprint density at radius 3 is 2.31 bits per heavy atom. The largest absolute Gasteiger partial charge is 0.305 e. The van der Waals surface area contributed by atoms with Crippen molar-refractivity contribution in [2.75, 3.05) is 14.1 Å². The molecular weight excluding hydrogens is 165 g/mol. The van der Waals surface area contributed by atoms with Crippen LogP contribution in [0.25, 0.3) is 0 Å². The van der Waals surface area contributed by atoms with Gasteiger partial charge < -0.3 is 4.90 Å². The molecule has 0 radical (unpaired) electrons. The molecule has 1 nitrogen and oxygen atoms in total. The van der Waals surface area contributed by atoms with E-state index in [2.05, 4.69) is 0 Å². The van der Waals surface area contributed by atoms with Gasteiger partial charge in [0.1, 0.15) is 5.82 Å². The minimum absolute atomic E-state index is 0.163. The molecule has 0 N–H and O–H groups in total. The number of benzene rings is 1. The van der Waals surface area contributed by atoms with Crippen LogP contribution in [0.15, 0.2) is 24.3 Å². The SMILES string of the molecule is CC.CN(C)Cc1cccc(F)c1. The van der Waals surface area contributed by atoms with E-state index >= 15 is 0 Å². The fourth-order valence-electron chi connectivity index (χ4n) is 1.00. The van der Waals surface area contributed by atoms with E-state index in [4.69, 9.17) is 0 Å². The summed E-state index contributed by atoms with van der Waals surface area (Å²) in [5, 5.41) is 0.